The van der Waals surface area contributed by atoms with Crippen molar-refractivity contribution in [1.29, 1.82) is 0 Å². The molecule has 0 saturated heterocycles. The maximum atomic E-state index is 13.8. The van der Waals surface area contributed by atoms with Crippen LogP contribution in [0.1, 0.15) is 38.3 Å². The Bertz CT molecular complexity index is 1350. The number of aryl methyl sites for hydroxylation is 1. The van der Waals surface area contributed by atoms with E-state index in [0.717, 1.165) is 34.0 Å². The SMILES string of the molecule is CC[C@@H](C)NC(=O)[C@H](C)N(Cc1cccc(C)c1)C(=O)CN(c1ccc(F)cc1)S(=O)(=O)c1ccccc1. The monoisotopic (exact) mass is 539 g/mol. The molecule has 0 saturated carbocycles. The molecule has 202 valence electrons. The number of hydrogen-bond donors (Lipinski definition) is 1. The Hall–Kier alpha value is -3.72. The van der Waals surface area contributed by atoms with Gasteiger partial charge in [0.15, 0.2) is 0 Å². The molecule has 2 amide bonds. The smallest absolute Gasteiger partial charge is 0.264 e. The summed E-state index contributed by atoms with van der Waals surface area (Å²) in [6, 6.07) is 19.2. The highest BCUT2D eigenvalue weighted by Crippen LogP contribution is 2.25. The molecule has 0 aliphatic rings. The molecule has 0 aliphatic heterocycles. The van der Waals surface area contributed by atoms with Crippen LogP contribution >= 0.6 is 0 Å². The van der Waals surface area contributed by atoms with Crippen molar-refractivity contribution in [2.45, 2.75) is 57.6 Å². The molecule has 1 N–H and O–H groups in total. The van der Waals surface area contributed by atoms with Gasteiger partial charge in [-0.25, -0.2) is 12.8 Å². The summed E-state index contributed by atoms with van der Waals surface area (Å²) in [7, 11) is -4.18. The van der Waals surface area contributed by atoms with Gasteiger partial charge in [0.25, 0.3) is 10.0 Å². The second-order valence-corrected chi connectivity index (χ2v) is 11.2. The Morgan fingerprint density at radius 2 is 1.61 bits per heavy atom. The fourth-order valence-electron chi connectivity index (χ4n) is 3.91. The molecule has 0 aromatic heterocycles. The van der Waals surface area contributed by atoms with Crippen molar-refractivity contribution in [3.63, 3.8) is 0 Å². The summed E-state index contributed by atoms with van der Waals surface area (Å²) in [6.07, 6.45) is 0.720. The molecule has 0 spiro atoms. The van der Waals surface area contributed by atoms with Crippen LogP contribution < -0.4 is 9.62 Å². The lowest BCUT2D eigenvalue weighted by Gasteiger charge is -2.32. The summed E-state index contributed by atoms with van der Waals surface area (Å²) in [5.74, 6) is -1.43. The summed E-state index contributed by atoms with van der Waals surface area (Å²) in [5.41, 5.74) is 1.93. The van der Waals surface area contributed by atoms with E-state index in [1.54, 1.807) is 25.1 Å². The van der Waals surface area contributed by atoms with E-state index in [2.05, 4.69) is 5.32 Å². The van der Waals surface area contributed by atoms with E-state index in [0.29, 0.717) is 0 Å². The van der Waals surface area contributed by atoms with Crippen molar-refractivity contribution in [3.05, 3.63) is 95.8 Å². The van der Waals surface area contributed by atoms with Gasteiger partial charge < -0.3 is 10.2 Å². The van der Waals surface area contributed by atoms with Gasteiger partial charge in [-0.3, -0.25) is 13.9 Å². The normalized spacial score (nSPS) is 12.9. The van der Waals surface area contributed by atoms with Crippen molar-refractivity contribution in [2.24, 2.45) is 0 Å². The van der Waals surface area contributed by atoms with Crippen molar-refractivity contribution in [1.82, 2.24) is 10.2 Å². The molecule has 3 aromatic carbocycles. The van der Waals surface area contributed by atoms with Crippen LogP contribution in [0.25, 0.3) is 0 Å². The highest BCUT2D eigenvalue weighted by molar-refractivity contribution is 7.92. The predicted molar refractivity (Wildman–Crippen MR) is 146 cm³/mol. The van der Waals surface area contributed by atoms with Gasteiger partial charge in [0.05, 0.1) is 10.6 Å². The Balaban J connectivity index is 2.01. The number of amides is 2. The molecule has 0 unspecified atom stereocenters. The molecule has 0 bridgehead atoms. The minimum absolute atomic E-state index is 0.00933. The van der Waals surface area contributed by atoms with Gasteiger partial charge in [0.1, 0.15) is 18.4 Å². The van der Waals surface area contributed by atoms with E-state index in [9.17, 15) is 22.4 Å². The zero-order valence-corrected chi connectivity index (χ0v) is 22.9. The standard InChI is InChI=1S/C29H34FN3O4S/c1-5-22(3)31-29(35)23(4)32(19-24-11-9-10-21(2)18-24)28(34)20-33(26-16-14-25(30)15-17-26)38(36,37)27-12-7-6-8-13-27/h6-18,22-23H,5,19-20H2,1-4H3,(H,31,35)/t22-,23+/m1/s1. The minimum atomic E-state index is -4.18. The lowest BCUT2D eigenvalue weighted by Crippen LogP contribution is -2.52. The molecule has 0 fully saturated rings. The fraction of sp³-hybridized carbons (Fsp3) is 0.310. The van der Waals surface area contributed by atoms with Gasteiger partial charge in [-0.2, -0.15) is 0 Å². The third-order valence-corrected chi connectivity index (χ3v) is 8.12. The van der Waals surface area contributed by atoms with Crippen molar-refractivity contribution in [2.75, 3.05) is 10.8 Å². The third-order valence-electron chi connectivity index (χ3n) is 6.33. The van der Waals surface area contributed by atoms with Gasteiger partial charge in [-0.05, 0) is 69.2 Å². The molecule has 0 radical (unpaired) electrons. The lowest BCUT2D eigenvalue weighted by molar-refractivity contribution is -0.139. The van der Waals surface area contributed by atoms with E-state index in [-0.39, 0.29) is 29.1 Å². The summed E-state index contributed by atoms with van der Waals surface area (Å²) in [6.45, 7) is 6.91. The first-order valence-electron chi connectivity index (χ1n) is 12.5. The zero-order valence-electron chi connectivity index (χ0n) is 22.1. The van der Waals surface area contributed by atoms with Crippen LogP contribution in [-0.2, 0) is 26.2 Å². The molecule has 3 rings (SSSR count). The van der Waals surface area contributed by atoms with Crippen LogP contribution in [0.15, 0.2) is 83.8 Å². The third kappa shape index (κ3) is 7.19. The second kappa shape index (κ2) is 12.7. The van der Waals surface area contributed by atoms with E-state index < -0.39 is 34.3 Å². The summed E-state index contributed by atoms with van der Waals surface area (Å²) in [4.78, 5) is 28.2. The van der Waals surface area contributed by atoms with Gasteiger partial charge in [-0.1, -0.05) is 55.0 Å². The van der Waals surface area contributed by atoms with Crippen LogP contribution in [0.4, 0.5) is 10.1 Å². The van der Waals surface area contributed by atoms with Gasteiger partial charge in [0, 0.05) is 12.6 Å². The van der Waals surface area contributed by atoms with Crippen molar-refractivity contribution >= 4 is 27.5 Å². The molecular weight excluding hydrogens is 505 g/mol. The lowest BCUT2D eigenvalue weighted by atomic mass is 10.1. The quantitative estimate of drug-likeness (QED) is 0.384. The number of halogens is 1. The molecule has 38 heavy (non-hydrogen) atoms. The highest BCUT2D eigenvalue weighted by Gasteiger charge is 2.32. The Morgan fingerprint density at radius 1 is 0.947 bits per heavy atom. The molecule has 0 aliphatic carbocycles. The molecule has 9 heteroatoms. The summed E-state index contributed by atoms with van der Waals surface area (Å²) < 4.78 is 41.9. The van der Waals surface area contributed by atoms with E-state index in [1.165, 1.54) is 29.2 Å². The molecular formula is C29H34FN3O4S. The Labute approximate surface area is 224 Å². The zero-order chi connectivity index (χ0) is 27.9. The van der Waals surface area contributed by atoms with E-state index in [4.69, 9.17) is 0 Å². The first-order valence-corrected chi connectivity index (χ1v) is 14.0. The van der Waals surface area contributed by atoms with Crippen LogP contribution in [-0.4, -0.2) is 43.8 Å². The van der Waals surface area contributed by atoms with Crippen molar-refractivity contribution in [3.8, 4) is 0 Å². The highest BCUT2D eigenvalue weighted by atomic mass is 32.2. The maximum absolute atomic E-state index is 13.8. The first kappa shape index (κ1) is 28.8. The number of nitrogens with one attached hydrogen (secondary N) is 1. The molecule has 0 heterocycles. The first-order chi connectivity index (χ1) is 18.0. The average Bonchev–Trinajstić information content (AvgIpc) is 2.90. The van der Waals surface area contributed by atoms with Crippen LogP contribution in [0.3, 0.4) is 0 Å². The number of sulfonamides is 1. The van der Waals surface area contributed by atoms with Crippen LogP contribution in [0.2, 0.25) is 0 Å². The predicted octanol–water partition coefficient (Wildman–Crippen LogP) is 4.66. The number of nitrogens with zero attached hydrogens (tertiary/aromatic N) is 2. The van der Waals surface area contributed by atoms with Gasteiger partial charge >= 0.3 is 0 Å². The van der Waals surface area contributed by atoms with E-state index >= 15 is 0 Å². The number of anilines is 1. The number of hydrogen-bond acceptors (Lipinski definition) is 4. The minimum Gasteiger partial charge on any atom is -0.352 e. The summed E-state index contributed by atoms with van der Waals surface area (Å²) in [5, 5.41) is 2.90. The topological polar surface area (TPSA) is 86.8 Å². The molecule has 7 nitrogen and oxygen atoms in total. The Kier molecular flexibility index (Phi) is 9.63. The van der Waals surface area contributed by atoms with Crippen molar-refractivity contribution < 1.29 is 22.4 Å². The Morgan fingerprint density at radius 3 is 2.21 bits per heavy atom. The van der Waals surface area contributed by atoms with E-state index in [1.807, 2.05) is 45.0 Å². The number of rotatable bonds is 11. The number of benzene rings is 3. The number of carbonyl (C=O) groups excluding carboxylic acids is 2. The number of carbonyl (C=O) groups is 2. The largest absolute Gasteiger partial charge is 0.352 e. The average molecular weight is 540 g/mol. The molecule has 2 atom stereocenters. The van der Waals surface area contributed by atoms with Gasteiger partial charge in [0.2, 0.25) is 11.8 Å². The van der Waals surface area contributed by atoms with Crippen LogP contribution in [0, 0.1) is 12.7 Å². The second-order valence-electron chi connectivity index (χ2n) is 9.31. The maximum Gasteiger partial charge on any atom is 0.264 e. The fourth-order valence-corrected chi connectivity index (χ4v) is 5.35. The molecule has 3 aromatic rings. The summed E-state index contributed by atoms with van der Waals surface area (Å²) >= 11 is 0. The van der Waals surface area contributed by atoms with Gasteiger partial charge in [-0.15, -0.1) is 0 Å². The van der Waals surface area contributed by atoms with Crippen LogP contribution in [0.5, 0.6) is 0 Å².